The molecule has 0 aliphatic heterocycles. The van der Waals surface area contributed by atoms with Gasteiger partial charge in [0.05, 0.1) is 5.56 Å². The van der Waals surface area contributed by atoms with Crippen LogP contribution in [0.25, 0.3) is 0 Å². The minimum absolute atomic E-state index is 0.0941. The summed E-state index contributed by atoms with van der Waals surface area (Å²) in [6.45, 7) is 0.603. The number of halogens is 3. The first-order valence-corrected chi connectivity index (χ1v) is 8.26. The van der Waals surface area contributed by atoms with E-state index in [-0.39, 0.29) is 11.5 Å². The Bertz CT molecular complexity index is 401. The summed E-state index contributed by atoms with van der Waals surface area (Å²) in [6, 6.07) is 4.37. The number of alkyl halides is 1. The highest BCUT2D eigenvalue weighted by Gasteiger charge is 2.11. The zero-order valence-corrected chi connectivity index (χ0v) is 13.8. The lowest BCUT2D eigenvalue weighted by atomic mass is 10.2. The Morgan fingerprint density at radius 2 is 2.00 bits per heavy atom. The van der Waals surface area contributed by atoms with E-state index >= 15 is 0 Å². The van der Waals surface area contributed by atoms with Crippen LogP contribution in [0.3, 0.4) is 0 Å². The number of rotatable bonds is 7. The largest absolute Gasteiger partial charge is 0.352 e. The Labute approximate surface area is 129 Å². The van der Waals surface area contributed by atoms with E-state index in [9.17, 15) is 9.18 Å². The van der Waals surface area contributed by atoms with Crippen LogP contribution in [0.5, 0.6) is 0 Å². The van der Waals surface area contributed by atoms with Gasteiger partial charge < -0.3 is 5.32 Å². The van der Waals surface area contributed by atoms with Gasteiger partial charge in [-0.15, -0.1) is 0 Å². The Balaban J connectivity index is 2.34. The second-order valence-electron chi connectivity index (χ2n) is 3.98. The highest BCUT2D eigenvalue weighted by Crippen LogP contribution is 2.15. The molecule has 1 aromatic carbocycles. The number of unbranched alkanes of at least 4 members (excludes halogenated alkanes) is 3. The van der Waals surface area contributed by atoms with Gasteiger partial charge in [0, 0.05) is 11.0 Å². The van der Waals surface area contributed by atoms with Gasteiger partial charge in [-0.1, -0.05) is 51.4 Å². The van der Waals surface area contributed by atoms with E-state index in [4.69, 9.17) is 0 Å². The molecule has 18 heavy (non-hydrogen) atoms. The molecule has 0 aliphatic carbocycles. The molecular formula is C13H16BrFINO. The van der Waals surface area contributed by atoms with Crippen molar-refractivity contribution in [2.75, 3.05) is 11.0 Å². The zero-order valence-electron chi connectivity index (χ0n) is 10.0. The van der Waals surface area contributed by atoms with E-state index in [2.05, 4.69) is 43.8 Å². The van der Waals surface area contributed by atoms with Crippen molar-refractivity contribution < 1.29 is 9.18 Å². The van der Waals surface area contributed by atoms with Crippen LogP contribution in [-0.4, -0.2) is 16.9 Å². The molecule has 0 aliphatic rings. The Morgan fingerprint density at radius 3 is 2.72 bits per heavy atom. The predicted octanol–water partition coefficient (Wildman–Crippen LogP) is 4.31. The average molecular weight is 428 g/mol. The van der Waals surface area contributed by atoms with Crippen LogP contribution in [0.2, 0.25) is 0 Å². The summed E-state index contributed by atoms with van der Waals surface area (Å²) < 4.78 is 15.3. The average Bonchev–Trinajstić information content (AvgIpc) is 2.36. The fraction of sp³-hybridized carbons (Fsp3) is 0.462. The summed E-state index contributed by atoms with van der Waals surface area (Å²) in [7, 11) is 0. The number of carbonyl (C=O) groups is 1. The number of benzene rings is 1. The molecule has 1 N–H and O–H groups in total. The fourth-order valence-corrected chi connectivity index (χ4v) is 2.44. The lowest BCUT2D eigenvalue weighted by molar-refractivity contribution is 0.0949. The van der Waals surface area contributed by atoms with Gasteiger partial charge in [0.25, 0.3) is 5.91 Å². The highest BCUT2D eigenvalue weighted by atomic mass is 127. The van der Waals surface area contributed by atoms with Crippen molar-refractivity contribution >= 4 is 44.4 Å². The maximum absolute atomic E-state index is 13.4. The molecule has 5 heteroatoms. The molecule has 0 heterocycles. The third-order valence-corrected chi connectivity index (χ3v) is 3.78. The van der Waals surface area contributed by atoms with Crippen molar-refractivity contribution in [3.05, 3.63) is 34.1 Å². The molecule has 0 fully saturated rings. The van der Waals surface area contributed by atoms with Crippen LogP contribution in [-0.2, 0) is 0 Å². The smallest absolute Gasteiger partial charge is 0.254 e. The minimum Gasteiger partial charge on any atom is -0.352 e. The van der Waals surface area contributed by atoms with E-state index in [1.165, 1.54) is 29.4 Å². The second kappa shape index (κ2) is 8.85. The van der Waals surface area contributed by atoms with Crippen LogP contribution in [0.15, 0.2) is 22.7 Å². The molecule has 0 spiro atoms. The van der Waals surface area contributed by atoms with Crippen molar-refractivity contribution in [1.29, 1.82) is 0 Å². The molecule has 1 aromatic rings. The Hall–Kier alpha value is -0.170. The molecule has 0 unspecified atom stereocenters. The minimum atomic E-state index is -0.486. The number of hydrogen-bond acceptors (Lipinski definition) is 1. The summed E-state index contributed by atoms with van der Waals surface area (Å²) >= 11 is 5.59. The first kappa shape index (κ1) is 15.9. The second-order valence-corrected chi connectivity index (χ2v) is 5.98. The molecule has 0 aromatic heterocycles. The summed E-state index contributed by atoms with van der Waals surface area (Å²) in [6.07, 6.45) is 4.45. The highest BCUT2D eigenvalue weighted by molar-refractivity contribution is 14.1. The van der Waals surface area contributed by atoms with Crippen molar-refractivity contribution in [2.45, 2.75) is 25.7 Å². The zero-order chi connectivity index (χ0) is 13.4. The van der Waals surface area contributed by atoms with E-state index < -0.39 is 5.82 Å². The van der Waals surface area contributed by atoms with Crippen LogP contribution in [0.1, 0.15) is 36.0 Å². The van der Waals surface area contributed by atoms with E-state index in [1.54, 1.807) is 6.07 Å². The molecule has 0 saturated carbocycles. The van der Waals surface area contributed by atoms with Crippen molar-refractivity contribution in [2.24, 2.45) is 0 Å². The number of amides is 1. The Morgan fingerprint density at radius 1 is 1.28 bits per heavy atom. The third-order valence-electron chi connectivity index (χ3n) is 2.52. The van der Waals surface area contributed by atoms with Gasteiger partial charge in [0.2, 0.25) is 0 Å². The molecule has 2 nitrogen and oxygen atoms in total. The summed E-state index contributed by atoms with van der Waals surface area (Å²) in [5.41, 5.74) is 0.0941. The van der Waals surface area contributed by atoms with Gasteiger partial charge >= 0.3 is 0 Å². The standard InChI is InChI=1S/C13H16BrFINO/c14-10-5-6-12(15)11(9-10)13(18)17-8-4-2-1-3-7-16/h5-6,9H,1-4,7-8H2,(H,17,18). The van der Waals surface area contributed by atoms with Gasteiger partial charge in [0.15, 0.2) is 0 Å². The van der Waals surface area contributed by atoms with Gasteiger partial charge in [-0.05, 0) is 35.5 Å². The lowest BCUT2D eigenvalue weighted by Crippen LogP contribution is -2.25. The third kappa shape index (κ3) is 5.65. The van der Waals surface area contributed by atoms with Gasteiger partial charge in [-0.2, -0.15) is 0 Å². The quantitative estimate of drug-likeness (QED) is 0.392. The molecule has 100 valence electrons. The number of nitrogens with one attached hydrogen (secondary N) is 1. The summed E-state index contributed by atoms with van der Waals surface area (Å²) in [5.74, 6) is -0.830. The predicted molar refractivity (Wildman–Crippen MR) is 83.8 cm³/mol. The van der Waals surface area contributed by atoms with Crippen molar-refractivity contribution in [1.82, 2.24) is 5.32 Å². The topological polar surface area (TPSA) is 29.1 Å². The summed E-state index contributed by atoms with van der Waals surface area (Å²) in [5, 5.41) is 2.74. The maximum atomic E-state index is 13.4. The lowest BCUT2D eigenvalue weighted by Gasteiger charge is -2.06. The van der Waals surface area contributed by atoms with E-state index in [0.717, 1.165) is 12.8 Å². The van der Waals surface area contributed by atoms with Crippen molar-refractivity contribution in [3.8, 4) is 0 Å². The summed E-state index contributed by atoms with van der Waals surface area (Å²) in [4.78, 5) is 11.7. The van der Waals surface area contributed by atoms with Crippen LogP contribution in [0.4, 0.5) is 4.39 Å². The van der Waals surface area contributed by atoms with Crippen LogP contribution in [0, 0.1) is 5.82 Å². The van der Waals surface area contributed by atoms with Crippen LogP contribution >= 0.6 is 38.5 Å². The monoisotopic (exact) mass is 427 g/mol. The molecule has 0 atom stereocenters. The van der Waals surface area contributed by atoms with Gasteiger partial charge in [0.1, 0.15) is 5.82 Å². The van der Waals surface area contributed by atoms with Crippen LogP contribution < -0.4 is 5.32 Å². The van der Waals surface area contributed by atoms with E-state index in [0.29, 0.717) is 11.0 Å². The van der Waals surface area contributed by atoms with Crippen molar-refractivity contribution in [3.63, 3.8) is 0 Å². The molecule has 0 radical (unpaired) electrons. The van der Waals surface area contributed by atoms with Gasteiger partial charge in [-0.25, -0.2) is 4.39 Å². The molecule has 1 rings (SSSR count). The normalized spacial score (nSPS) is 10.4. The molecule has 0 saturated heterocycles. The molecule has 0 bridgehead atoms. The van der Waals surface area contributed by atoms with E-state index in [1.807, 2.05) is 0 Å². The first-order chi connectivity index (χ1) is 8.65. The maximum Gasteiger partial charge on any atom is 0.254 e. The SMILES string of the molecule is O=C(NCCCCCCI)c1cc(Br)ccc1F. The fourth-order valence-electron chi connectivity index (χ4n) is 1.54. The number of hydrogen-bond donors (Lipinski definition) is 1. The molecule has 1 amide bonds. The first-order valence-electron chi connectivity index (χ1n) is 5.94. The van der Waals surface area contributed by atoms with Gasteiger partial charge in [-0.3, -0.25) is 4.79 Å². The molecular weight excluding hydrogens is 412 g/mol. The number of carbonyl (C=O) groups excluding carboxylic acids is 1. The Kier molecular flexibility index (Phi) is 7.81.